The average molecular weight is 306 g/mol. The molecule has 1 unspecified atom stereocenters. The van der Waals surface area contributed by atoms with Gasteiger partial charge in [0.05, 0.1) is 17.6 Å². The van der Waals surface area contributed by atoms with E-state index in [2.05, 4.69) is 4.98 Å². The Bertz CT molecular complexity index is 539. The molecule has 0 radical (unpaired) electrons. The van der Waals surface area contributed by atoms with Crippen molar-refractivity contribution in [3.8, 4) is 10.6 Å². The Kier molecular flexibility index (Phi) is 4.46. The molecule has 0 aliphatic heterocycles. The minimum Gasteiger partial charge on any atom is -0.438 e. The molecule has 0 aromatic carbocycles. The van der Waals surface area contributed by atoms with Gasteiger partial charge in [-0.3, -0.25) is 4.90 Å². The Labute approximate surface area is 117 Å². The number of alkyl halides is 3. The van der Waals surface area contributed by atoms with Crippen LogP contribution in [0, 0.1) is 0 Å². The fourth-order valence-corrected chi connectivity index (χ4v) is 2.28. The Hall–Kier alpha value is -1.38. The normalized spacial score (nSPS) is 13.9. The highest BCUT2D eigenvalue weighted by Crippen LogP contribution is 2.25. The van der Waals surface area contributed by atoms with Gasteiger partial charge in [-0.25, -0.2) is 4.98 Å². The van der Waals surface area contributed by atoms with Crippen LogP contribution in [0.1, 0.15) is 5.89 Å². The molecule has 0 fully saturated rings. The molecule has 8 heteroatoms. The fraction of sp³-hybridized carbons (Fsp3) is 0.417. The van der Waals surface area contributed by atoms with Crippen molar-refractivity contribution in [1.82, 2.24) is 9.88 Å². The summed E-state index contributed by atoms with van der Waals surface area (Å²) in [5.41, 5.74) is 0. The predicted octanol–water partition coefficient (Wildman–Crippen LogP) is 2.76. The number of aliphatic hydroxyl groups is 1. The summed E-state index contributed by atoms with van der Waals surface area (Å²) in [5.74, 6) is 0.894. The molecule has 110 valence electrons. The van der Waals surface area contributed by atoms with Gasteiger partial charge in [-0.05, 0) is 18.5 Å². The van der Waals surface area contributed by atoms with E-state index in [-0.39, 0.29) is 6.54 Å². The number of likely N-dealkylation sites (N-methyl/N-ethyl adjacent to an activating group) is 1. The quantitative estimate of drug-likeness (QED) is 0.923. The van der Waals surface area contributed by atoms with Gasteiger partial charge < -0.3 is 9.52 Å². The zero-order valence-corrected chi connectivity index (χ0v) is 11.4. The van der Waals surface area contributed by atoms with Crippen LogP contribution in [0.15, 0.2) is 28.1 Å². The molecule has 0 spiro atoms. The first-order valence-corrected chi connectivity index (χ1v) is 6.66. The largest absolute Gasteiger partial charge is 0.438 e. The van der Waals surface area contributed by atoms with E-state index in [4.69, 9.17) is 9.52 Å². The molecule has 4 nitrogen and oxygen atoms in total. The van der Waals surface area contributed by atoms with E-state index in [0.717, 1.165) is 4.88 Å². The lowest BCUT2D eigenvalue weighted by Gasteiger charge is -2.20. The molecule has 2 rings (SSSR count). The summed E-state index contributed by atoms with van der Waals surface area (Å²) >= 11 is 1.49. The standard InChI is InChI=1S/C12H13F3N2O2S/c1-17(6-10(18)12(13,14)15)7-11-16-5-8(19-11)9-3-2-4-20-9/h2-5,10,18H,6-7H2,1H3. The lowest BCUT2D eigenvalue weighted by Crippen LogP contribution is -2.39. The zero-order chi connectivity index (χ0) is 14.8. The maximum atomic E-state index is 12.2. The number of nitrogens with zero attached hydrogens (tertiary/aromatic N) is 2. The van der Waals surface area contributed by atoms with Crippen molar-refractivity contribution in [3.63, 3.8) is 0 Å². The van der Waals surface area contributed by atoms with Crippen molar-refractivity contribution < 1.29 is 22.7 Å². The highest BCUT2D eigenvalue weighted by atomic mass is 32.1. The number of aromatic nitrogens is 1. The molecule has 2 aromatic heterocycles. The predicted molar refractivity (Wildman–Crippen MR) is 68.2 cm³/mol. The molecule has 1 N–H and O–H groups in total. The van der Waals surface area contributed by atoms with Crippen LogP contribution in [-0.4, -0.2) is 40.9 Å². The highest BCUT2D eigenvalue weighted by Gasteiger charge is 2.38. The van der Waals surface area contributed by atoms with E-state index in [1.165, 1.54) is 29.5 Å². The summed E-state index contributed by atoms with van der Waals surface area (Å²) < 4.78 is 42.1. The van der Waals surface area contributed by atoms with Gasteiger partial charge in [-0.2, -0.15) is 13.2 Å². The van der Waals surface area contributed by atoms with E-state index in [1.54, 1.807) is 0 Å². The van der Waals surface area contributed by atoms with E-state index in [9.17, 15) is 13.2 Å². The number of hydrogen-bond acceptors (Lipinski definition) is 5. The van der Waals surface area contributed by atoms with Crippen LogP contribution in [0.2, 0.25) is 0 Å². The number of rotatable bonds is 5. The lowest BCUT2D eigenvalue weighted by atomic mass is 10.3. The average Bonchev–Trinajstić information content (AvgIpc) is 2.96. The molecule has 0 aliphatic rings. The Morgan fingerprint density at radius 2 is 2.25 bits per heavy atom. The first-order valence-electron chi connectivity index (χ1n) is 5.78. The Morgan fingerprint density at radius 1 is 1.50 bits per heavy atom. The van der Waals surface area contributed by atoms with Crippen LogP contribution in [0.25, 0.3) is 10.6 Å². The molecule has 0 amide bonds. The molecule has 2 heterocycles. The topological polar surface area (TPSA) is 49.5 Å². The minimum atomic E-state index is -4.62. The number of oxazole rings is 1. The fourth-order valence-electron chi connectivity index (χ4n) is 1.61. The molecule has 0 saturated carbocycles. The van der Waals surface area contributed by atoms with Gasteiger partial charge in [-0.1, -0.05) is 6.07 Å². The molecule has 0 aliphatic carbocycles. The summed E-state index contributed by atoms with van der Waals surface area (Å²) in [4.78, 5) is 6.23. The van der Waals surface area contributed by atoms with Crippen molar-refractivity contribution in [2.75, 3.05) is 13.6 Å². The molecular weight excluding hydrogens is 293 g/mol. The summed E-state index contributed by atoms with van der Waals surface area (Å²) in [7, 11) is 1.46. The Balaban J connectivity index is 1.94. The maximum absolute atomic E-state index is 12.2. The monoisotopic (exact) mass is 306 g/mol. The van der Waals surface area contributed by atoms with Gasteiger partial charge in [0.15, 0.2) is 11.9 Å². The van der Waals surface area contributed by atoms with Gasteiger partial charge >= 0.3 is 6.18 Å². The summed E-state index contributed by atoms with van der Waals surface area (Å²) in [6, 6.07) is 3.74. The third-order valence-electron chi connectivity index (χ3n) is 2.59. The van der Waals surface area contributed by atoms with E-state index in [1.807, 2.05) is 17.5 Å². The lowest BCUT2D eigenvalue weighted by molar-refractivity contribution is -0.207. The van der Waals surface area contributed by atoms with Crippen LogP contribution < -0.4 is 0 Å². The number of halogens is 3. The molecule has 0 bridgehead atoms. The van der Waals surface area contributed by atoms with Crippen molar-refractivity contribution in [3.05, 3.63) is 29.6 Å². The smallest absolute Gasteiger partial charge is 0.415 e. The first kappa shape index (κ1) is 15.0. The maximum Gasteiger partial charge on any atom is 0.415 e. The van der Waals surface area contributed by atoms with Crippen molar-refractivity contribution >= 4 is 11.3 Å². The number of hydrogen-bond donors (Lipinski definition) is 1. The van der Waals surface area contributed by atoms with Crippen molar-refractivity contribution in [2.24, 2.45) is 0 Å². The van der Waals surface area contributed by atoms with Gasteiger partial charge in [0.25, 0.3) is 0 Å². The Morgan fingerprint density at radius 3 is 2.85 bits per heavy atom. The molecule has 1 atom stereocenters. The van der Waals surface area contributed by atoms with Gasteiger partial charge in [0.2, 0.25) is 5.89 Å². The van der Waals surface area contributed by atoms with Crippen LogP contribution in [0.3, 0.4) is 0 Å². The summed E-state index contributed by atoms with van der Waals surface area (Å²) in [5, 5.41) is 10.9. The van der Waals surface area contributed by atoms with Crippen LogP contribution in [-0.2, 0) is 6.54 Å². The SMILES string of the molecule is CN(Cc1ncc(-c2cccs2)o1)CC(O)C(F)(F)F. The van der Waals surface area contributed by atoms with Crippen molar-refractivity contribution in [2.45, 2.75) is 18.8 Å². The molecule has 20 heavy (non-hydrogen) atoms. The van der Waals surface area contributed by atoms with Gasteiger partial charge in [0.1, 0.15) is 0 Å². The van der Waals surface area contributed by atoms with Crippen molar-refractivity contribution in [1.29, 1.82) is 0 Å². The van der Waals surface area contributed by atoms with Crippen LogP contribution in [0.4, 0.5) is 13.2 Å². The zero-order valence-electron chi connectivity index (χ0n) is 10.6. The van der Waals surface area contributed by atoms with Gasteiger partial charge in [0, 0.05) is 6.54 Å². The van der Waals surface area contributed by atoms with Gasteiger partial charge in [-0.15, -0.1) is 11.3 Å². The molecular formula is C12H13F3N2O2S. The minimum absolute atomic E-state index is 0.0957. The highest BCUT2D eigenvalue weighted by molar-refractivity contribution is 7.13. The van der Waals surface area contributed by atoms with Crippen LogP contribution >= 0.6 is 11.3 Å². The van der Waals surface area contributed by atoms with E-state index in [0.29, 0.717) is 11.7 Å². The van der Waals surface area contributed by atoms with E-state index >= 15 is 0 Å². The third kappa shape index (κ3) is 3.81. The third-order valence-corrected chi connectivity index (χ3v) is 3.47. The number of thiophene rings is 1. The molecule has 0 saturated heterocycles. The number of aliphatic hydroxyl groups excluding tert-OH is 1. The van der Waals surface area contributed by atoms with E-state index < -0.39 is 18.8 Å². The second-order valence-corrected chi connectivity index (χ2v) is 5.30. The summed E-state index contributed by atoms with van der Waals surface area (Å²) in [6.07, 6.45) is -5.46. The molecule has 2 aromatic rings. The second-order valence-electron chi connectivity index (χ2n) is 4.35. The second kappa shape index (κ2) is 5.94. The van der Waals surface area contributed by atoms with Crippen LogP contribution in [0.5, 0.6) is 0 Å². The summed E-state index contributed by atoms with van der Waals surface area (Å²) in [6.45, 7) is -0.432. The first-order chi connectivity index (χ1) is 9.36.